The molecule has 6 nitrogen and oxygen atoms in total. The number of nitrogens with zero attached hydrogens (tertiary/aromatic N) is 2. The van der Waals surface area contributed by atoms with Crippen LogP contribution in [0.4, 0.5) is 5.88 Å². The van der Waals surface area contributed by atoms with E-state index in [0.29, 0.717) is 27.4 Å². The normalized spacial score (nSPS) is 10.7. The van der Waals surface area contributed by atoms with Crippen molar-refractivity contribution >= 4 is 23.4 Å². The Bertz CT molecular complexity index is 1170. The molecule has 7 heteroatoms. The molecule has 0 spiro atoms. The summed E-state index contributed by atoms with van der Waals surface area (Å²) in [5.41, 5.74) is 2.93. The predicted molar refractivity (Wildman–Crippen MR) is 112 cm³/mol. The molecule has 0 bridgehead atoms. The second-order valence-electron chi connectivity index (χ2n) is 6.33. The topological polar surface area (TPSA) is 88.2 Å². The Kier molecular flexibility index (Phi) is 5.01. The summed E-state index contributed by atoms with van der Waals surface area (Å²) in [6, 6.07) is 16.0. The summed E-state index contributed by atoms with van der Waals surface area (Å²) in [6.45, 7) is 1.38. The van der Waals surface area contributed by atoms with Gasteiger partial charge in [0.05, 0.1) is 5.56 Å². The van der Waals surface area contributed by atoms with Crippen LogP contribution in [0, 0.1) is 0 Å². The van der Waals surface area contributed by atoms with E-state index in [9.17, 15) is 9.90 Å². The van der Waals surface area contributed by atoms with E-state index in [2.05, 4.69) is 15.3 Å². The number of pyridine rings is 1. The number of halogens is 1. The van der Waals surface area contributed by atoms with E-state index < -0.39 is 0 Å². The van der Waals surface area contributed by atoms with Crippen LogP contribution in [0.3, 0.4) is 0 Å². The van der Waals surface area contributed by atoms with Gasteiger partial charge in [-0.1, -0.05) is 35.9 Å². The Morgan fingerprint density at radius 2 is 1.79 bits per heavy atom. The average molecular weight is 406 g/mol. The van der Waals surface area contributed by atoms with Crippen LogP contribution in [0.2, 0.25) is 5.02 Å². The van der Waals surface area contributed by atoms with Gasteiger partial charge in [0.25, 0.3) is 0 Å². The Hall–Kier alpha value is -3.64. The molecule has 0 aliphatic heterocycles. The molecule has 2 N–H and O–H groups in total. The molecule has 2 aromatic carbocycles. The minimum Gasteiger partial charge on any atom is -0.506 e. The molecule has 1 amide bonds. The second-order valence-corrected chi connectivity index (χ2v) is 6.76. The number of aromatic nitrogens is 2. The first-order valence-electron chi connectivity index (χ1n) is 8.80. The maximum absolute atomic E-state index is 11.6. The monoisotopic (exact) mass is 405 g/mol. The number of aromatic hydroxyl groups is 1. The van der Waals surface area contributed by atoms with Gasteiger partial charge in [-0.2, -0.15) is 0 Å². The lowest BCUT2D eigenvalue weighted by atomic mass is 10.0. The first-order chi connectivity index (χ1) is 14.0. The summed E-state index contributed by atoms with van der Waals surface area (Å²) in [5.74, 6) is 0.0953. The Morgan fingerprint density at radius 3 is 2.48 bits per heavy atom. The SMILES string of the molecule is CC(=O)Nc1oc(-c2cccc(-c3ccc(Cl)cc3)c2O)nc1-c1cccnc1. The van der Waals surface area contributed by atoms with E-state index >= 15 is 0 Å². The molecular weight excluding hydrogens is 390 g/mol. The van der Waals surface area contributed by atoms with E-state index in [1.807, 2.05) is 18.2 Å². The number of hydrogen-bond acceptors (Lipinski definition) is 5. The van der Waals surface area contributed by atoms with Gasteiger partial charge in [-0.25, -0.2) is 4.98 Å². The van der Waals surface area contributed by atoms with Crippen LogP contribution in [0.15, 0.2) is 71.4 Å². The van der Waals surface area contributed by atoms with E-state index in [-0.39, 0.29) is 23.4 Å². The van der Waals surface area contributed by atoms with Crippen molar-refractivity contribution in [2.24, 2.45) is 0 Å². The lowest BCUT2D eigenvalue weighted by Gasteiger charge is -2.08. The molecule has 4 rings (SSSR count). The first kappa shape index (κ1) is 18.7. The van der Waals surface area contributed by atoms with Crippen molar-refractivity contribution in [1.82, 2.24) is 9.97 Å². The van der Waals surface area contributed by atoms with Gasteiger partial charge in [0.2, 0.25) is 17.7 Å². The van der Waals surface area contributed by atoms with E-state index in [1.165, 1.54) is 6.92 Å². The number of anilines is 1. The summed E-state index contributed by atoms with van der Waals surface area (Å²) in [4.78, 5) is 20.2. The number of carbonyl (C=O) groups is 1. The fourth-order valence-corrected chi connectivity index (χ4v) is 3.08. The zero-order valence-corrected chi connectivity index (χ0v) is 16.1. The van der Waals surface area contributed by atoms with Crippen LogP contribution in [-0.4, -0.2) is 21.0 Å². The fourth-order valence-electron chi connectivity index (χ4n) is 2.96. The number of hydrogen-bond donors (Lipinski definition) is 2. The van der Waals surface area contributed by atoms with Crippen LogP contribution in [-0.2, 0) is 4.79 Å². The molecule has 0 radical (unpaired) electrons. The third-order valence-corrected chi connectivity index (χ3v) is 4.53. The van der Waals surface area contributed by atoms with Gasteiger partial charge in [0.1, 0.15) is 11.4 Å². The summed E-state index contributed by atoms with van der Waals surface area (Å²) < 4.78 is 5.80. The molecule has 0 saturated heterocycles. The third-order valence-electron chi connectivity index (χ3n) is 4.27. The summed E-state index contributed by atoms with van der Waals surface area (Å²) in [6.07, 6.45) is 3.26. The number of phenols is 1. The van der Waals surface area contributed by atoms with Crippen LogP contribution in [0.1, 0.15) is 6.92 Å². The molecule has 0 fully saturated rings. The van der Waals surface area contributed by atoms with Crippen molar-refractivity contribution in [3.63, 3.8) is 0 Å². The van der Waals surface area contributed by atoms with Gasteiger partial charge >= 0.3 is 0 Å². The van der Waals surface area contributed by atoms with E-state index in [0.717, 1.165) is 5.56 Å². The fraction of sp³-hybridized carbons (Fsp3) is 0.0455. The number of nitrogens with one attached hydrogen (secondary N) is 1. The second kappa shape index (κ2) is 7.77. The highest BCUT2D eigenvalue weighted by Crippen LogP contribution is 2.40. The number of benzene rings is 2. The third kappa shape index (κ3) is 3.83. The summed E-state index contributed by atoms with van der Waals surface area (Å²) in [5, 5.41) is 14.1. The number of oxazole rings is 1. The Morgan fingerprint density at radius 1 is 1.03 bits per heavy atom. The van der Waals surface area contributed by atoms with Crippen LogP contribution < -0.4 is 5.32 Å². The number of phenolic OH excluding ortho intramolecular Hbond substituents is 1. The number of rotatable bonds is 4. The molecule has 0 aliphatic carbocycles. The van der Waals surface area contributed by atoms with Crippen LogP contribution in [0.25, 0.3) is 33.8 Å². The predicted octanol–water partition coefficient (Wildman–Crippen LogP) is 5.39. The molecule has 29 heavy (non-hydrogen) atoms. The van der Waals surface area contributed by atoms with Gasteiger partial charge < -0.3 is 9.52 Å². The van der Waals surface area contributed by atoms with Crippen molar-refractivity contribution in [2.75, 3.05) is 5.32 Å². The maximum Gasteiger partial charge on any atom is 0.233 e. The minimum atomic E-state index is -0.294. The molecule has 0 aliphatic rings. The molecule has 144 valence electrons. The standard InChI is InChI=1S/C22H16ClN3O3/c1-13(27)25-22-19(15-4-3-11-24-12-15)26-21(29-22)18-6-2-5-17(20(18)28)14-7-9-16(23)10-8-14/h2-12,28H,1H3,(H,25,27). The average Bonchev–Trinajstić information content (AvgIpc) is 3.12. The highest BCUT2D eigenvalue weighted by Gasteiger charge is 2.21. The molecule has 2 heterocycles. The van der Waals surface area contributed by atoms with Crippen molar-refractivity contribution in [1.29, 1.82) is 0 Å². The molecule has 0 unspecified atom stereocenters. The molecule has 0 atom stereocenters. The Balaban J connectivity index is 1.83. The zero-order chi connectivity index (χ0) is 20.4. The first-order valence-corrected chi connectivity index (χ1v) is 9.18. The molecule has 2 aromatic heterocycles. The highest BCUT2D eigenvalue weighted by molar-refractivity contribution is 6.30. The minimum absolute atomic E-state index is 0.0168. The van der Waals surface area contributed by atoms with Crippen molar-refractivity contribution < 1.29 is 14.3 Å². The molecule has 4 aromatic rings. The number of amides is 1. The van der Waals surface area contributed by atoms with Crippen molar-refractivity contribution in [2.45, 2.75) is 6.92 Å². The van der Waals surface area contributed by atoms with Gasteiger partial charge in [0, 0.05) is 35.5 Å². The van der Waals surface area contributed by atoms with Gasteiger partial charge in [-0.05, 0) is 35.9 Å². The highest BCUT2D eigenvalue weighted by atomic mass is 35.5. The smallest absolute Gasteiger partial charge is 0.233 e. The van der Waals surface area contributed by atoms with Gasteiger partial charge in [-0.15, -0.1) is 0 Å². The van der Waals surface area contributed by atoms with E-state index in [4.69, 9.17) is 16.0 Å². The summed E-state index contributed by atoms with van der Waals surface area (Å²) in [7, 11) is 0. The molecule has 0 saturated carbocycles. The van der Waals surface area contributed by atoms with Gasteiger partial charge in [0.15, 0.2) is 0 Å². The largest absolute Gasteiger partial charge is 0.506 e. The van der Waals surface area contributed by atoms with Crippen molar-refractivity contribution in [3.8, 4) is 39.6 Å². The zero-order valence-electron chi connectivity index (χ0n) is 15.4. The van der Waals surface area contributed by atoms with Crippen molar-refractivity contribution in [3.05, 3.63) is 72.0 Å². The lowest BCUT2D eigenvalue weighted by Crippen LogP contribution is -2.05. The van der Waals surface area contributed by atoms with Crippen LogP contribution >= 0.6 is 11.6 Å². The quantitative estimate of drug-likeness (QED) is 0.475. The Labute approximate surface area is 171 Å². The van der Waals surface area contributed by atoms with E-state index in [1.54, 1.807) is 48.8 Å². The molecular formula is C22H16ClN3O3. The number of para-hydroxylation sites is 1. The summed E-state index contributed by atoms with van der Waals surface area (Å²) >= 11 is 5.96. The lowest BCUT2D eigenvalue weighted by molar-refractivity contribution is -0.114. The van der Waals surface area contributed by atoms with Gasteiger partial charge in [-0.3, -0.25) is 15.1 Å². The maximum atomic E-state index is 11.6. The van der Waals surface area contributed by atoms with Crippen LogP contribution in [0.5, 0.6) is 5.75 Å². The number of carbonyl (C=O) groups excluding carboxylic acids is 1.